The molecule has 0 amide bonds. The Morgan fingerprint density at radius 3 is 2.73 bits per heavy atom. The Kier molecular flexibility index (Phi) is 6.69. The van der Waals surface area contributed by atoms with Crippen molar-refractivity contribution in [2.24, 2.45) is 0 Å². The minimum atomic E-state index is -3.63. The van der Waals surface area contributed by atoms with E-state index in [-0.39, 0.29) is 16.4 Å². The number of rotatable bonds is 7. The number of nitrogens with zero attached hydrogens (tertiary/aromatic N) is 1. The maximum atomic E-state index is 12.6. The summed E-state index contributed by atoms with van der Waals surface area (Å²) in [4.78, 5) is 12.2. The molecule has 1 aliphatic heterocycles. The average Bonchev–Trinajstić information content (AvgIpc) is 3.03. The monoisotopic (exact) mass is 365 g/mol. The predicted molar refractivity (Wildman–Crippen MR) is 87.2 cm³/mol. The van der Waals surface area contributed by atoms with Gasteiger partial charge in [-0.25, -0.2) is 13.2 Å². The molecule has 2 rings (SSSR count). The third-order valence-corrected chi connectivity index (χ3v) is 6.97. The summed E-state index contributed by atoms with van der Waals surface area (Å²) in [5.74, 6) is 0.939. The van der Waals surface area contributed by atoms with Crippen LogP contribution in [-0.4, -0.2) is 63.1 Å². The van der Waals surface area contributed by atoms with Gasteiger partial charge in [0, 0.05) is 31.2 Å². The first kappa shape index (κ1) is 17.7. The smallest absolute Gasteiger partial charge is 0.349 e. The largest absolute Gasteiger partial charge is 0.459 e. The molecule has 0 unspecified atom stereocenters. The molecule has 0 radical (unpaired) electrons. The molecule has 1 fully saturated rings. The highest BCUT2D eigenvalue weighted by molar-refractivity contribution is 7.99. The molecule has 2 heterocycles. The first-order valence-corrected chi connectivity index (χ1v) is 10.4. The summed E-state index contributed by atoms with van der Waals surface area (Å²) in [5.41, 5.74) is 0. The van der Waals surface area contributed by atoms with Crippen LogP contribution in [0.15, 0.2) is 16.3 Å². The molecular formula is C13H19NO5S3. The second kappa shape index (κ2) is 8.30. The number of carbonyl (C=O) groups excluding carboxylic acids is 1. The molecule has 1 saturated heterocycles. The van der Waals surface area contributed by atoms with E-state index >= 15 is 0 Å². The van der Waals surface area contributed by atoms with Crippen molar-refractivity contribution in [1.82, 2.24) is 4.31 Å². The van der Waals surface area contributed by atoms with Crippen molar-refractivity contribution in [3.05, 3.63) is 16.3 Å². The van der Waals surface area contributed by atoms with Crippen LogP contribution in [0.1, 0.15) is 16.6 Å². The summed E-state index contributed by atoms with van der Waals surface area (Å²) in [6, 6.07) is 1.47. The zero-order valence-corrected chi connectivity index (χ0v) is 14.8. The summed E-state index contributed by atoms with van der Waals surface area (Å²) in [5, 5.41) is 1.60. The van der Waals surface area contributed by atoms with Crippen LogP contribution >= 0.6 is 23.1 Å². The summed E-state index contributed by atoms with van der Waals surface area (Å²) < 4.78 is 36.9. The van der Waals surface area contributed by atoms with Crippen molar-refractivity contribution in [1.29, 1.82) is 0 Å². The lowest BCUT2D eigenvalue weighted by Gasteiger charge is -2.25. The van der Waals surface area contributed by atoms with Crippen molar-refractivity contribution in [3.63, 3.8) is 0 Å². The van der Waals surface area contributed by atoms with E-state index in [0.29, 0.717) is 26.3 Å². The number of esters is 1. The molecule has 1 aromatic heterocycles. The Morgan fingerprint density at radius 1 is 1.32 bits per heavy atom. The topological polar surface area (TPSA) is 72.9 Å². The summed E-state index contributed by atoms with van der Waals surface area (Å²) in [7, 11) is -3.63. The van der Waals surface area contributed by atoms with Crippen molar-refractivity contribution in [3.8, 4) is 0 Å². The molecule has 0 bridgehead atoms. The van der Waals surface area contributed by atoms with Gasteiger partial charge in [0.25, 0.3) is 0 Å². The second-order valence-corrected chi connectivity index (χ2v) is 8.51. The second-order valence-electron chi connectivity index (χ2n) is 4.46. The van der Waals surface area contributed by atoms with Gasteiger partial charge in [-0.1, -0.05) is 0 Å². The van der Waals surface area contributed by atoms with Gasteiger partial charge in [0.05, 0.1) is 6.61 Å². The number of sulfonamides is 1. The lowest BCUT2D eigenvalue weighted by molar-refractivity contribution is 0.0337. The van der Waals surface area contributed by atoms with Gasteiger partial charge in [-0.15, -0.1) is 11.3 Å². The Labute approximate surface area is 138 Å². The highest BCUT2D eigenvalue weighted by Crippen LogP contribution is 2.27. The third-order valence-electron chi connectivity index (χ3n) is 3.07. The maximum Gasteiger partial charge on any atom is 0.349 e. The molecule has 6 nitrogen and oxygen atoms in total. The number of hydrogen-bond acceptors (Lipinski definition) is 7. The molecule has 0 spiro atoms. The minimum Gasteiger partial charge on any atom is -0.459 e. The van der Waals surface area contributed by atoms with Gasteiger partial charge < -0.3 is 9.47 Å². The Bertz CT molecular complexity index is 593. The SMILES string of the molecule is CCOCCOC(=O)c1sccc1S(=O)(=O)N1CCSCC1. The van der Waals surface area contributed by atoms with Crippen LogP contribution < -0.4 is 0 Å². The maximum absolute atomic E-state index is 12.6. The number of ether oxygens (including phenoxy) is 2. The molecule has 1 aromatic rings. The fourth-order valence-electron chi connectivity index (χ4n) is 1.98. The summed E-state index contributed by atoms with van der Waals surface area (Å²) >= 11 is 2.82. The zero-order valence-electron chi connectivity index (χ0n) is 12.3. The standard InChI is InChI=1S/C13H19NO5S3/c1-2-18-6-7-19-13(15)12-11(3-8-21-12)22(16,17)14-4-9-20-10-5-14/h3,8H,2,4-7,9-10H2,1H3. The van der Waals surface area contributed by atoms with Gasteiger partial charge in [-0.05, 0) is 18.4 Å². The molecule has 0 atom stereocenters. The van der Waals surface area contributed by atoms with Crippen molar-refractivity contribution in [2.45, 2.75) is 11.8 Å². The van der Waals surface area contributed by atoms with Gasteiger partial charge in [-0.3, -0.25) is 0 Å². The van der Waals surface area contributed by atoms with E-state index in [1.165, 1.54) is 10.4 Å². The van der Waals surface area contributed by atoms with Crippen LogP contribution in [0.3, 0.4) is 0 Å². The molecule has 0 aromatic carbocycles. The van der Waals surface area contributed by atoms with Crippen molar-refractivity contribution < 1.29 is 22.7 Å². The fraction of sp³-hybridized carbons (Fsp3) is 0.615. The number of thiophene rings is 1. The Balaban J connectivity index is 2.09. The lowest BCUT2D eigenvalue weighted by atomic mass is 10.5. The fourth-order valence-corrected chi connectivity index (χ4v) is 5.84. The van der Waals surface area contributed by atoms with Crippen LogP contribution in [0.25, 0.3) is 0 Å². The van der Waals surface area contributed by atoms with Gasteiger partial charge in [0.2, 0.25) is 10.0 Å². The molecule has 9 heteroatoms. The molecule has 0 aliphatic carbocycles. The summed E-state index contributed by atoms with van der Waals surface area (Å²) in [6.45, 7) is 3.76. The third kappa shape index (κ3) is 4.23. The Hall–Kier alpha value is -0.610. The molecular weight excluding hydrogens is 346 g/mol. The molecule has 0 saturated carbocycles. The van der Waals surface area contributed by atoms with Gasteiger partial charge in [0.15, 0.2) is 0 Å². The number of carbonyl (C=O) groups is 1. The molecule has 1 aliphatic rings. The van der Waals surface area contributed by atoms with Crippen LogP contribution in [0.4, 0.5) is 0 Å². The molecule has 0 N–H and O–H groups in total. The lowest BCUT2D eigenvalue weighted by Crippen LogP contribution is -2.38. The summed E-state index contributed by atoms with van der Waals surface area (Å²) in [6.07, 6.45) is 0. The van der Waals surface area contributed by atoms with E-state index in [9.17, 15) is 13.2 Å². The van der Waals surface area contributed by atoms with Crippen LogP contribution in [0.5, 0.6) is 0 Å². The van der Waals surface area contributed by atoms with Gasteiger partial charge in [-0.2, -0.15) is 16.1 Å². The van der Waals surface area contributed by atoms with E-state index in [1.54, 1.807) is 17.1 Å². The highest BCUT2D eigenvalue weighted by atomic mass is 32.2. The predicted octanol–water partition coefficient (Wildman–Crippen LogP) is 1.68. The molecule has 22 heavy (non-hydrogen) atoms. The Morgan fingerprint density at radius 2 is 2.05 bits per heavy atom. The van der Waals surface area contributed by atoms with Crippen LogP contribution in [0, 0.1) is 0 Å². The number of thioether (sulfide) groups is 1. The highest BCUT2D eigenvalue weighted by Gasteiger charge is 2.31. The van der Waals surface area contributed by atoms with E-state index < -0.39 is 16.0 Å². The number of hydrogen-bond donors (Lipinski definition) is 0. The molecule has 124 valence electrons. The van der Waals surface area contributed by atoms with Crippen molar-refractivity contribution in [2.75, 3.05) is 44.4 Å². The quantitative estimate of drug-likeness (QED) is 0.541. The first-order chi connectivity index (χ1) is 10.6. The van der Waals surface area contributed by atoms with Crippen LogP contribution in [-0.2, 0) is 19.5 Å². The van der Waals surface area contributed by atoms with Crippen molar-refractivity contribution >= 4 is 39.1 Å². The average molecular weight is 365 g/mol. The minimum absolute atomic E-state index is 0.0470. The van der Waals surface area contributed by atoms with E-state index in [2.05, 4.69) is 0 Å². The van der Waals surface area contributed by atoms with E-state index in [4.69, 9.17) is 9.47 Å². The van der Waals surface area contributed by atoms with Gasteiger partial charge >= 0.3 is 5.97 Å². The normalized spacial score (nSPS) is 16.6. The van der Waals surface area contributed by atoms with Gasteiger partial charge in [0.1, 0.15) is 16.4 Å². The van der Waals surface area contributed by atoms with Crippen LogP contribution in [0.2, 0.25) is 0 Å². The van der Waals surface area contributed by atoms with E-state index in [1.807, 2.05) is 6.92 Å². The van der Waals surface area contributed by atoms with E-state index in [0.717, 1.165) is 22.8 Å². The first-order valence-electron chi connectivity index (χ1n) is 6.97. The zero-order chi connectivity index (χ0) is 16.0.